The molecule has 1 aromatic heterocycles. The molecule has 1 unspecified atom stereocenters. The molecule has 2 aromatic carbocycles. The molecular weight excluding hydrogens is 488 g/mol. The molecule has 2 fully saturated rings. The van der Waals surface area contributed by atoms with Gasteiger partial charge < -0.3 is 14.7 Å². The van der Waals surface area contributed by atoms with Crippen LogP contribution in [0.3, 0.4) is 0 Å². The lowest BCUT2D eigenvalue weighted by molar-refractivity contribution is -0.184. The minimum absolute atomic E-state index is 0.0661. The van der Waals surface area contributed by atoms with Gasteiger partial charge >= 0.3 is 6.03 Å². The molecule has 2 aliphatic rings. The van der Waals surface area contributed by atoms with Crippen LogP contribution in [-0.2, 0) is 28.6 Å². The number of benzene rings is 2. The lowest BCUT2D eigenvalue weighted by atomic mass is 9.85. The number of nitrogens with zero attached hydrogens (tertiary/aromatic N) is 2. The van der Waals surface area contributed by atoms with E-state index in [-0.39, 0.29) is 11.4 Å². The molecule has 0 saturated carbocycles. The number of hydrogen-bond acceptors (Lipinski definition) is 5. The summed E-state index contributed by atoms with van der Waals surface area (Å²) in [4.78, 5) is 19.1. The van der Waals surface area contributed by atoms with Gasteiger partial charge in [-0.15, -0.1) is 0 Å². The number of aromatic nitrogens is 1. The van der Waals surface area contributed by atoms with Gasteiger partial charge in [-0.05, 0) is 54.4 Å². The van der Waals surface area contributed by atoms with Crippen LogP contribution >= 0.6 is 0 Å². The number of rotatable bonds is 9. The molecule has 2 amide bonds. The Kier molecular flexibility index (Phi) is 7.51. The van der Waals surface area contributed by atoms with Crippen molar-refractivity contribution in [2.24, 2.45) is 0 Å². The monoisotopic (exact) mass is 528 g/mol. The lowest BCUT2D eigenvalue weighted by Crippen LogP contribution is -2.54. The van der Waals surface area contributed by atoms with Gasteiger partial charge in [0.2, 0.25) is 0 Å². The highest BCUT2D eigenvalue weighted by Gasteiger charge is 2.44. The maximum Gasteiger partial charge on any atom is 0.333 e. The van der Waals surface area contributed by atoms with Crippen molar-refractivity contribution < 1.29 is 14.6 Å². The van der Waals surface area contributed by atoms with E-state index in [9.17, 15) is 9.90 Å². The first kappa shape index (κ1) is 27.3. The second-order valence-electron chi connectivity index (χ2n) is 12.0. The van der Waals surface area contributed by atoms with Crippen molar-refractivity contribution in [1.29, 1.82) is 0 Å². The van der Waals surface area contributed by atoms with Crippen LogP contribution in [0.25, 0.3) is 11.3 Å². The van der Waals surface area contributed by atoms with Gasteiger partial charge in [0.05, 0.1) is 18.9 Å². The summed E-state index contributed by atoms with van der Waals surface area (Å²) in [5, 5.41) is 10.4. The molecule has 39 heavy (non-hydrogen) atoms. The van der Waals surface area contributed by atoms with Crippen molar-refractivity contribution in [3.8, 4) is 11.3 Å². The van der Waals surface area contributed by atoms with E-state index < -0.39 is 11.3 Å². The van der Waals surface area contributed by atoms with E-state index >= 15 is 0 Å². The summed E-state index contributed by atoms with van der Waals surface area (Å²) in [5.74, 6) is 0. The Labute approximate surface area is 231 Å². The topological polar surface area (TPSA) is 86.7 Å². The molecular formula is C32H40N4O3. The van der Waals surface area contributed by atoms with Gasteiger partial charge in [0, 0.05) is 30.3 Å². The molecule has 3 aromatic rings. The zero-order valence-electron chi connectivity index (χ0n) is 23.5. The van der Waals surface area contributed by atoms with Crippen molar-refractivity contribution in [1.82, 2.24) is 20.7 Å². The van der Waals surface area contributed by atoms with Gasteiger partial charge in [0.15, 0.2) is 0 Å². The minimum Gasteiger partial charge on any atom is -0.380 e. The quantitative estimate of drug-likeness (QED) is 0.361. The third-order valence-corrected chi connectivity index (χ3v) is 8.08. The number of hydrazine groups is 1. The number of carbonyl (C=O) groups is 1. The standard InChI is InChI=1S/C32H40N4O3/c1-5-36-29(37)34-35-32(36,19-24-10-14-26(15-11-24)30(2,3)4)18-6-7-23-8-12-25(13-9-23)28-17-16-27(20-33-28)31(38)21-39-22-31/h8-17,20,35,38H,5-7,18-19,21-22H2,1-4H3,(H,34,37). The second-order valence-corrected chi connectivity index (χ2v) is 12.0. The Morgan fingerprint density at radius 2 is 1.69 bits per heavy atom. The van der Waals surface area contributed by atoms with Crippen LogP contribution in [0.15, 0.2) is 66.9 Å². The van der Waals surface area contributed by atoms with Gasteiger partial charge in [-0.1, -0.05) is 75.4 Å². The Morgan fingerprint density at radius 3 is 2.26 bits per heavy atom. The number of urea groups is 1. The number of ether oxygens (including phenoxy) is 1. The Hall–Kier alpha value is -3.26. The fourth-order valence-corrected chi connectivity index (χ4v) is 5.56. The number of aliphatic hydroxyl groups is 1. The predicted octanol–water partition coefficient (Wildman–Crippen LogP) is 5.08. The van der Waals surface area contributed by atoms with Crippen LogP contribution in [0.4, 0.5) is 4.79 Å². The normalized spacial score (nSPS) is 20.5. The average molecular weight is 529 g/mol. The molecule has 1 atom stereocenters. The number of nitrogens with one attached hydrogen (secondary N) is 2. The van der Waals surface area contributed by atoms with Gasteiger partial charge in [0.25, 0.3) is 0 Å². The maximum absolute atomic E-state index is 12.6. The van der Waals surface area contributed by atoms with Gasteiger partial charge in [0.1, 0.15) is 11.3 Å². The number of amides is 2. The molecule has 0 aliphatic carbocycles. The fraction of sp³-hybridized carbons (Fsp3) is 0.438. The molecule has 2 saturated heterocycles. The summed E-state index contributed by atoms with van der Waals surface area (Å²) in [6.45, 7) is 9.98. The van der Waals surface area contributed by atoms with E-state index in [1.807, 2.05) is 24.0 Å². The van der Waals surface area contributed by atoms with Crippen LogP contribution < -0.4 is 10.9 Å². The molecule has 0 bridgehead atoms. The molecule has 5 rings (SSSR count). The molecule has 7 nitrogen and oxygen atoms in total. The molecule has 0 radical (unpaired) electrons. The Bertz CT molecular complexity index is 1280. The molecule has 206 valence electrons. The summed E-state index contributed by atoms with van der Waals surface area (Å²) in [6.07, 6.45) is 5.17. The molecule has 0 spiro atoms. The third-order valence-electron chi connectivity index (χ3n) is 8.08. The Morgan fingerprint density at radius 1 is 1.00 bits per heavy atom. The van der Waals surface area contributed by atoms with E-state index in [1.54, 1.807) is 6.20 Å². The van der Waals surface area contributed by atoms with Gasteiger partial charge in [-0.2, -0.15) is 0 Å². The van der Waals surface area contributed by atoms with Crippen LogP contribution in [0, 0.1) is 0 Å². The van der Waals surface area contributed by atoms with Crippen LogP contribution in [0.5, 0.6) is 0 Å². The number of carbonyl (C=O) groups excluding carboxylic acids is 1. The van der Waals surface area contributed by atoms with E-state index in [0.717, 1.165) is 42.5 Å². The number of aryl methyl sites for hydroxylation is 1. The number of hydrogen-bond donors (Lipinski definition) is 3. The molecule has 3 N–H and O–H groups in total. The molecule has 2 aliphatic heterocycles. The third kappa shape index (κ3) is 5.71. The minimum atomic E-state index is -0.899. The smallest absolute Gasteiger partial charge is 0.333 e. The fourth-order valence-electron chi connectivity index (χ4n) is 5.56. The van der Waals surface area contributed by atoms with Crippen LogP contribution in [0.2, 0.25) is 0 Å². The molecule has 7 heteroatoms. The average Bonchev–Trinajstić information content (AvgIpc) is 3.22. The van der Waals surface area contributed by atoms with Gasteiger partial charge in [-0.3, -0.25) is 10.4 Å². The van der Waals surface area contributed by atoms with Crippen molar-refractivity contribution in [3.63, 3.8) is 0 Å². The van der Waals surface area contributed by atoms with E-state index in [2.05, 4.69) is 85.1 Å². The van der Waals surface area contributed by atoms with Crippen LogP contribution in [-0.4, -0.2) is 46.4 Å². The van der Waals surface area contributed by atoms with Crippen molar-refractivity contribution in [2.45, 2.75) is 70.1 Å². The summed E-state index contributed by atoms with van der Waals surface area (Å²) in [7, 11) is 0. The summed E-state index contributed by atoms with van der Waals surface area (Å²) in [6, 6.07) is 21.1. The van der Waals surface area contributed by atoms with E-state index in [0.29, 0.717) is 19.8 Å². The Balaban J connectivity index is 1.23. The van der Waals surface area contributed by atoms with Crippen LogP contribution in [0.1, 0.15) is 62.8 Å². The SMILES string of the molecule is CCN1C(=O)NNC1(CCCc1ccc(-c2ccc(C3(O)COC3)cn2)cc1)Cc1ccc(C(C)(C)C)cc1. The van der Waals surface area contributed by atoms with Crippen molar-refractivity contribution in [3.05, 3.63) is 89.1 Å². The first-order valence-corrected chi connectivity index (χ1v) is 13.9. The largest absolute Gasteiger partial charge is 0.380 e. The lowest BCUT2D eigenvalue weighted by Gasteiger charge is -2.36. The van der Waals surface area contributed by atoms with E-state index in [1.165, 1.54) is 16.7 Å². The number of pyridine rings is 1. The first-order chi connectivity index (χ1) is 18.6. The first-order valence-electron chi connectivity index (χ1n) is 13.9. The van der Waals surface area contributed by atoms with Crippen molar-refractivity contribution in [2.75, 3.05) is 19.8 Å². The highest BCUT2D eigenvalue weighted by molar-refractivity contribution is 5.76. The van der Waals surface area contributed by atoms with Crippen molar-refractivity contribution >= 4 is 6.03 Å². The van der Waals surface area contributed by atoms with Gasteiger partial charge in [-0.25, -0.2) is 10.2 Å². The highest BCUT2D eigenvalue weighted by atomic mass is 16.5. The summed E-state index contributed by atoms with van der Waals surface area (Å²) in [5.41, 5.74) is 11.5. The summed E-state index contributed by atoms with van der Waals surface area (Å²) < 4.78 is 5.15. The molecule has 3 heterocycles. The predicted molar refractivity (Wildman–Crippen MR) is 153 cm³/mol. The van der Waals surface area contributed by atoms with E-state index in [4.69, 9.17) is 4.74 Å². The zero-order valence-corrected chi connectivity index (χ0v) is 23.5. The second kappa shape index (κ2) is 10.7. The zero-order chi connectivity index (χ0) is 27.7. The maximum atomic E-state index is 12.6. The summed E-state index contributed by atoms with van der Waals surface area (Å²) >= 11 is 0. The number of likely N-dealkylation sites (N-methyl/N-ethyl adjacent to an activating group) is 1. The highest BCUT2D eigenvalue weighted by Crippen LogP contribution is 2.31.